The highest BCUT2D eigenvalue weighted by Gasteiger charge is 2.36. The van der Waals surface area contributed by atoms with Crippen LogP contribution >= 0.6 is 0 Å². The van der Waals surface area contributed by atoms with Gasteiger partial charge in [-0.1, -0.05) is 24.3 Å². The molecule has 3 nitrogen and oxygen atoms in total. The number of nitrogens with zero attached hydrogens (tertiary/aromatic N) is 2. The fourth-order valence-corrected chi connectivity index (χ4v) is 3.62. The number of hydrogen-bond acceptors (Lipinski definition) is 3. The van der Waals surface area contributed by atoms with Crippen LogP contribution in [0.1, 0.15) is 30.1 Å². The van der Waals surface area contributed by atoms with E-state index in [1.54, 1.807) is 0 Å². The second kappa shape index (κ2) is 5.23. The normalized spacial score (nSPS) is 28.8. The van der Waals surface area contributed by atoms with E-state index in [0.29, 0.717) is 12.1 Å². The third-order valence-electron chi connectivity index (χ3n) is 4.87. The number of aliphatic hydroxyl groups excluding tert-OH is 1. The summed E-state index contributed by atoms with van der Waals surface area (Å²) in [5.74, 6) is 0. The van der Waals surface area contributed by atoms with Gasteiger partial charge in [0, 0.05) is 25.2 Å². The lowest BCUT2D eigenvalue weighted by molar-refractivity contribution is 0.0335. The molecule has 104 valence electrons. The van der Waals surface area contributed by atoms with E-state index >= 15 is 0 Å². The fraction of sp³-hybridized carbons (Fsp3) is 0.625. The van der Waals surface area contributed by atoms with Crippen LogP contribution in [0.3, 0.4) is 0 Å². The van der Waals surface area contributed by atoms with Crippen LogP contribution in [0.4, 0.5) is 0 Å². The zero-order valence-corrected chi connectivity index (χ0v) is 11.9. The summed E-state index contributed by atoms with van der Waals surface area (Å²) >= 11 is 0. The molecule has 1 aliphatic carbocycles. The molecule has 2 aliphatic rings. The van der Waals surface area contributed by atoms with Crippen molar-refractivity contribution < 1.29 is 5.11 Å². The Morgan fingerprint density at radius 2 is 1.84 bits per heavy atom. The molecule has 1 aromatic rings. The number of fused-ring (bicyclic) bond motifs is 1. The largest absolute Gasteiger partial charge is 0.387 e. The highest BCUT2D eigenvalue weighted by atomic mass is 16.3. The Morgan fingerprint density at radius 1 is 1.16 bits per heavy atom. The van der Waals surface area contributed by atoms with Gasteiger partial charge in [-0.25, -0.2) is 0 Å². The van der Waals surface area contributed by atoms with Gasteiger partial charge in [-0.05, 0) is 44.5 Å². The minimum atomic E-state index is -0.299. The van der Waals surface area contributed by atoms with Crippen molar-refractivity contribution in [2.45, 2.75) is 37.5 Å². The van der Waals surface area contributed by atoms with Crippen LogP contribution in [-0.4, -0.2) is 54.2 Å². The molecule has 0 aromatic heterocycles. The van der Waals surface area contributed by atoms with Crippen molar-refractivity contribution in [3.05, 3.63) is 35.4 Å². The van der Waals surface area contributed by atoms with Crippen LogP contribution in [0.5, 0.6) is 0 Å². The molecule has 2 atom stereocenters. The molecular formula is C16H24N2O. The first-order valence-corrected chi connectivity index (χ1v) is 7.33. The summed E-state index contributed by atoms with van der Waals surface area (Å²) in [6.45, 7) is 2.22. The zero-order valence-electron chi connectivity index (χ0n) is 11.9. The summed E-state index contributed by atoms with van der Waals surface area (Å²) in [7, 11) is 4.33. The van der Waals surface area contributed by atoms with Crippen LogP contribution < -0.4 is 0 Å². The average Bonchev–Trinajstić information content (AvgIpc) is 2.77. The lowest BCUT2D eigenvalue weighted by Gasteiger charge is -2.39. The van der Waals surface area contributed by atoms with Gasteiger partial charge in [0.1, 0.15) is 0 Å². The molecule has 1 saturated heterocycles. The van der Waals surface area contributed by atoms with Gasteiger partial charge in [0.15, 0.2) is 0 Å². The molecule has 1 aliphatic heterocycles. The number of aliphatic hydroxyl groups is 1. The predicted molar refractivity (Wildman–Crippen MR) is 77.2 cm³/mol. The van der Waals surface area contributed by atoms with Gasteiger partial charge >= 0.3 is 0 Å². The van der Waals surface area contributed by atoms with Crippen molar-refractivity contribution >= 4 is 0 Å². The Balaban J connectivity index is 1.67. The van der Waals surface area contributed by atoms with Crippen LogP contribution in [0, 0.1) is 0 Å². The highest BCUT2D eigenvalue weighted by molar-refractivity contribution is 5.35. The quantitative estimate of drug-likeness (QED) is 0.876. The molecule has 0 radical (unpaired) electrons. The number of piperidine rings is 1. The number of hydrogen-bond donors (Lipinski definition) is 1. The van der Waals surface area contributed by atoms with Crippen molar-refractivity contribution in [2.75, 3.05) is 27.2 Å². The van der Waals surface area contributed by atoms with E-state index < -0.39 is 0 Å². The van der Waals surface area contributed by atoms with Crippen molar-refractivity contribution in [3.8, 4) is 0 Å². The van der Waals surface area contributed by atoms with Crippen molar-refractivity contribution in [1.82, 2.24) is 9.80 Å². The first-order chi connectivity index (χ1) is 9.16. The van der Waals surface area contributed by atoms with Crippen LogP contribution in [0.15, 0.2) is 24.3 Å². The molecule has 0 amide bonds. The third-order valence-corrected chi connectivity index (χ3v) is 4.87. The molecule has 1 heterocycles. The molecule has 1 N–H and O–H groups in total. The minimum absolute atomic E-state index is 0.292. The molecule has 0 saturated carbocycles. The maximum absolute atomic E-state index is 10.5. The topological polar surface area (TPSA) is 26.7 Å². The van der Waals surface area contributed by atoms with E-state index in [0.717, 1.165) is 25.1 Å². The Morgan fingerprint density at radius 3 is 2.47 bits per heavy atom. The SMILES string of the molecule is CN(C)C1CCN(C2Cc3ccccc3C2O)CC1. The van der Waals surface area contributed by atoms with Gasteiger partial charge in [-0.2, -0.15) is 0 Å². The maximum atomic E-state index is 10.5. The number of rotatable bonds is 2. The summed E-state index contributed by atoms with van der Waals surface area (Å²) in [6.07, 6.45) is 3.13. The van der Waals surface area contributed by atoms with Crippen LogP contribution in [-0.2, 0) is 6.42 Å². The summed E-state index contributed by atoms with van der Waals surface area (Å²) in [5, 5.41) is 10.5. The van der Waals surface area contributed by atoms with E-state index in [1.165, 1.54) is 18.4 Å². The second-order valence-electron chi connectivity index (χ2n) is 6.15. The summed E-state index contributed by atoms with van der Waals surface area (Å²) in [5.41, 5.74) is 2.47. The van der Waals surface area contributed by atoms with Crippen molar-refractivity contribution in [2.24, 2.45) is 0 Å². The molecule has 3 rings (SSSR count). The van der Waals surface area contributed by atoms with E-state index in [-0.39, 0.29) is 6.10 Å². The van der Waals surface area contributed by atoms with Gasteiger partial charge in [0.2, 0.25) is 0 Å². The molecule has 1 fully saturated rings. The zero-order chi connectivity index (χ0) is 13.4. The fourth-order valence-electron chi connectivity index (χ4n) is 3.62. The first-order valence-electron chi connectivity index (χ1n) is 7.33. The molecule has 19 heavy (non-hydrogen) atoms. The molecular weight excluding hydrogens is 236 g/mol. The van der Waals surface area contributed by atoms with Crippen molar-refractivity contribution in [1.29, 1.82) is 0 Å². The predicted octanol–water partition coefficient (Wildman–Crippen LogP) is 1.67. The third kappa shape index (κ3) is 2.42. The van der Waals surface area contributed by atoms with Crippen LogP contribution in [0.25, 0.3) is 0 Å². The second-order valence-corrected chi connectivity index (χ2v) is 6.15. The van der Waals surface area contributed by atoms with Crippen LogP contribution in [0.2, 0.25) is 0 Å². The molecule has 1 aromatic carbocycles. The molecule has 2 unspecified atom stereocenters. The maximum Gasteiger partial charge on any atom is 0.0951 e. The van der Waals surface area contributed by atoms with E-state index in [4.69, 9.17) is 0 Å². The highest BCUT2D eigenvalue weighted by Crippen LogP contribution is 2.35. The average molecular weight is 260 g/mol. The Bertz CT molecular complexity index is 438. The molecule has 0 bridgehead atoms. The Labute approximate surface area is 115 Å². The van der Waals surface area contributed by atoms with Gasteiger partial charge in [0.05, 0.1) is 6.10 Å². The first kappa shape index (κ1) is 13.1. The van der Waals surface area contributed by atoms with Gasteiger partial charge in [-0.15, -0.1) is 0 Å². The smallest absolute Gasteiger partial charge is 0.0951 e. The number of likely N-dealkylation sites (tertiary alicyclic amines) is 1. The van der Waals surface area contributed by atoms with Crippen molar-refractivity contribution in [3.63, 3.8) is 0 Å². The lowest BCUT2D eigenvalue weighted by Crippen LogP contribution is -2.47. The lowest BCUT2D eigenvalue weighted by atomic mass is 10.0. The van der Waals surface area contributed by atoms with Gasteiger partial charge < -0.3 is 10.0 Å². The van der Waals surface area contributed by atoms with E-state index in [1.807, 2.05) is 6.07 Å². The van der Waals surface area contributed by atoms with Gasteiger partial charge in [0.25, 0.3) is 0 Å². The minimum Gasteiger partial charge on any atom is -0.387 e. The monoisotopic (exact) mass is 260 g/mol. The molecule has 3 heteroatoms. The number of benzene rings is 1. The standard InChI is InChI=1S/C16H24N2O/c1-17(2)13-7-9-18(10-8-13)15-11-12-5-3-4-6-14(12)16(15)19/h3-6,13,15-16,19H,7-11H2,1-2H3. The van der Waals surface area contributed by atoms with Gasteiger partial charge in [-0.3, -0.25) is 4.90 Å². The van der Waals surface area contributed by atoms with E-state index in [2.05, 4.69) is 42.1 Å². The van der Waals surface area contributed by atoms with E-state index in [9.17, 15) is 5.11 Å². The Kier molecular flexibility index (Phi) is 3.61. The molecule has 0 spiro atoms. The summed E-state index contributed by atoms with van der Waals surface area (Å²) in [4.78, 5) is 4.82. The summed E-state index contributed by atoms with van der Waals surface area (Å²) < 4.78 is 0. The Hall–Kier alpha value is -0.900. The summed E-state index contributed by atoms with van der Waals surface area (Å²) in [6, 6.07) is 9.34.